The average molecular weight is 488 g/mol. The average Bonchev–Trinajstić information content (AvgIpc) is 2.88. The lowest BCUT2D eigenvalue weighted by molar-refractivity contribution is 0.0626. The molecule has 0 spiro atoms. The Kier molecular flexibility index (Phi) is 7.48. The number of aromatic nitrogens is 2. The summed E-state index contributed by atoms with van der Waals surface area (Å²) in [5.74, 6) is -0.0244. The predicted molar refractivity (Wildman–Crippen MR) is 139 cm³/mol. The summed E-state index contributed by atoms with van der Waals surface area (Å²) in [4.78, 5) is 34.2. The van der Waals surface area contributed by atoms with Crippen LogP contribution in [0.4, 0.5) is 4.39 Å². The van der Waals surface area contributed by atoms with Crippen LogP contribution in [-0.4, -0.2) is 34.0 Å². The number of rotatable bonds is 8. The molecule has 0 saturated heterocycles. The van der Waals surface area contributed by atoms with E-state index in [0.717, 1.165) is 0 Å². The van der Waals surface area contributed by atoms with Crippen LogP contribution < -0.4 is 10.3 Å². The van der Waals surface area contributed by atoms with Gasteiger partial charge in [-0.05, 0) is 48.7 Å². The second-order valence-electron chi connectivity index (χ2n) is 9.05. The quantitative estimate of drug-likeness (QED) is 0.316. The molecule has 7 heteroatoms. The van der Waals surface area contributed by atoms with Crippen LogP contribution in [0.5, 0.6) is 5.75 Å². The highest BCUT2D eigenvalue weighted by Gasteiger charge is 2.31. The van der Waals surface area contributed by atoms with Gasteiger partial charge in [0.15, 0.2) is 0 Å². The monoisotopic (exact) mass is 487 g/mol. The molecule has 1 unspecified atom stereocenters. The lowest BCUT2D eigenvalue weighted by Gasteiger charge is -2.34. The molecule has 3 aromatic carbocycles. The van der Waals surface area contributed by atoms with E-state index in [2.05, 4.69) is 0 Å². The van der Waals surface area contributed by atoms with Gasteiger partial charge in [0.05, 0.1) is 35.3 Å². The SMILES string of the molecule is CCC(c1nc2ccccc2c(=O)n1-c1ccccc1OC)N(CC(C)C)C(=O)c1ccccc1F. The topological polar surface area (TPSA) is 64.4 Å². The molecule has 6 nitrogen and oxygen atoms in total. The maximum atomic E-state index is 14.7. The Bertz CT molecular complexity index is 1450. The highest BCUT2D eigenvalue weighted by Crippen LogP contribution is 2.31. The Labute approximate surface area is 210 Å². The summed E-state index contributed by atoms with van der Waals surface area (Å²) >= 11 is 0. The van der Waals surface area contributed by atoms with Gasteiger partial charge in [-0.15, -0.1) is 0 Å². The van der Waals surface area contributed by atoms with Gasteiger partial charge >= 0.3 is 0 Å². The van der Waals surface area contributed by atoms with Gasteiger partial charge in [0.2, 0.25) is 0 Å². The summed E-state index contributed by atoms with van der Waals surface area (Å²) < 4.78 is 21.8. The number of fused-ring (bicyclic) bond motifs is 1. The third kappa shape index (κ3) is 4.73. The Morgan fingerprint density at radius 3 is 2.39 bits per heavy atom. The number of carbonyl (C=O) groups excluding carboxylic acids is 1. The Morgan fingerprint density at radius 2 is 1.69 bits per heavy atom. The molecule has 1 heterocycles. The van der Waals surface area contributed by atoms with Crippen molar-refractivity contribution in [1.82, 2.24) is 14.5 Å². The minimum Gasteiger partial charge on any atom is -0.495 e. The molecule has 1 atom stereocenters. The number of hydrogen-bond acceptors (Lipinski definition) is 4. The van der Waals surface area contributed by atoms with Crippen molar-refractivity contribution in [3.05, 3.63) is 100 Å². The molecule has 1 amide bonds. The van der Waals surface area contributed by atoms with Crippen LogP contribution in [0.1, 0.15) is 49.4 Å². The van der Waals surface area contributed by atoms with Gasteiger partial charge in [-0.3, -0.25) is 14.2 Å². The number of amides is 1. The minimum atomic E-state index is -0.596. The third-order valence-electron chi connectivity index (χ3n) is 6.12. The van der Waals surface area contributed by atoms with Crippen molar-refractivity contribution in [2.45, 2.75) is 33.2 Å². The van der Waals surface area contributed by atoms with E-state index in [0.29, 0.717) is 41.1 Å². The predicted octanol–water partition coefficient (Wildman–Crippen LogP) is 5.78. The van der Waals surface area contributed by atoms with E-state index in [1.54, 1.807) is 54.5 Å². The number of nitrogens with zero attached hydrogens (tertiary/aromatic N) is 3. The molecule has 4 rings (SSSR count). The van der Waals surface area contributed by atoms with E-state index >= 15 is 0 Å². The smallest absolute Gasteiger partial charge is 0.266 e. The fourth-order valence-corrected chi connectivity index (χ4v) is 4.50. The third-order valence-corrected chi connectivity index (χ3v) is 6.12. The van der Waals surface area contributed by atoms with Gasteiger partial charge in [-0.2, -0.15) is 0 Å². The van der Waals surface area contributed by atoms with Crippen molar-refractivity contribution in [2.75, 3.05) is 13.7 Å². The lowest BCUT2D eigenvalue weighted by Crippen LogP contribution is -2.40. The Balaban J connectivity index is 2.00. The molecular weight excluding hydrogens is 457 g/mol. The van der Waals surface area contributed by atoms with E-state index < -0.39 is 17.8 Å². The Morgan fingerprint density at radius 1 is 1.03 bits per heavy atom. The van der Waals surface area contributed by atoms with Crippen LogP contribution in [-0.2, 0) is 0 Å². The number of hydrogen-bond donors (Lipinski definition) is 0. The number of para-hydroxylation sites is 3. The first-order valence-electron chi connectivity index (χ1n) is 12.1. The van der Waals surface area contributed by atoms with Crippen LogP contribution >= 0.6 is 0 Å². The van der Waals surface area contributed by atoms with Gasteiger partial charge in [0.1, 0.15) is 17.4 Å². The molecule has 0 radical (unpaired) electrons. The first kappa shape index (κ1) is 25.1. The van der Waals surface area contributed by atoms with Gasteiger partial charge in [0.25, 0.3) is 11.5 Å². The van der Waals surface area contributed by atoms with Crippen molar-refractivity contribution >= 4 is 16.8 Å². The summed E-state index contributed by atoms with van der Waals surface area (Å²) in [6, 6.07) is 19.7. The molecule has 0 N–H and O–H groups in total. The molecule has 36 heavy (non-hydrogen) atoms. The van der Waals surface area contributed by atoms with Crippen molar-refractivity contribution in [3.8, 4) is 11.4 Å². The summed E-state index contributed by atoms with van der Waals surface area (Å²) in [5, 5.41) is 0.456. The van der Waals surface area contributed by atoms with Gasteiger partial charge in [-0.25, -0.2) is 9.37 Å². The summed E-state index contributed by atoms with van der Waals surface area (Å²) in [7, 11) is 1.54. The molecule has 1 aromatic heterocycles. The van der Waals surface area contributed by atoms with E-state index in [9.17, 15) is 14.0 Å². The zero-order chi connectivity index (χ0) is 25.8. The fourth-order valence-electron chi connectivity index (χ4n) is 4.50. The van der Waals surface area contributed by atoms with Crippen molar-refractivity contribution in [2.24, 2.45) is 5.92 Å². The van der Waals surface area contributed by atoms with E-state index in [1.165, 1.54) is 16.7 Å². The number of halogens is 1. The molecule has 0 aliphatic rings. The highest BCUT2D eigenvalue weighted by molar-refractivity contribution is 5.94. The highest BCUT2D eigenvalue weighted by atomic mass is 19.1. The normalized spacial score (nSPS) is 12.1. The second kappa shape index (κ2) is 10.7. The fraction of sp³-hybridized carbons (Fsp3) is 0.276. The Hall–Kier alpha value is -4.00. The maximum Gasteiger partial charge on any atom is 0.266 e. The second-order valence-corrected chi connectivity index (χ2v) is 9.05. The van der Waals surface area contributed by atoms with Crippen LogP contribution in [0.25, 0.3) is 16.6 Å². The first-order valence-corrected chi connectivity index (χ1v) is 12.1. The van der Waals surface area contributed by atoms with E-state index in [4.69, 9.17) is 9.72 Å². The standard InChI is InChI=1S/C29H30FN3O3/c1-5-24(32(18-19(2)3)28(34)20-12-6-8-14-22(20)30)27-31-23-15-9-7-13-21(23)29(35)33(27)25-16-10-11-17-26(25)36-4/h6-17,19,24H,5,18H2,1-4H3. The number of methoxy groups -OCH3 is 1. The molecule has 0 aliphatic heterocycles. The van der Waals surface area contributed by atoms with E-state index in [-0.39, 0.29) is 17.0 Å². The zero-order valence-electron chi connectivity index (χ0n) is 20.9. The van der Waals surface area contributed by atoms with Gasteiger partial charge in [-0.1, -0.05) is 57.2 Å². The molecule has 0 saturated carbocycles. The molecule has 0 bridgehead atoms. The van der Waals surface area contributed by atoms with Crippen LogP contribution in [0.3, 0.4) is 0 Å². The summed E-state index contributed by atoms with van der Waals surface area (Å²) in [6.45, 7) is 6.28. The number of benzene rings is 3. The van der Waals surface area contributed by atoms with Gasteiger partial charge in [0, 0.05) is 6.54 Å². The first-order chi connectivity index (χ1) is 17.4. The molecule has 0 fully saturated rings. The van der Waals surface area contributed by atoms with Crippen molar-refractivity contribution in [3.63, 3.8) is 0 Å². The zero-order valence-corrected chi connectivity index (χ0v) is 20.9. The van der Waals surface area contributed by atoms with Crippen LogP contribution in [0.2, 0.25) is 0 Å². The summed E-state index contributed by atoms with van der Waals surface area (Å²) in [6.07, 6.45) is 0.465. The molecule has 0 aliphatic carbocycles. The largest absolute Gasteiger partial charge is 0.495 e. The van der Waals surface area contributed by atoms with E-state index in [1.807, 2.05) is 39.0 Å². The maximum absolute atomic E-state index is 14.7. The number of ether oxygens (including phenoxy) is 1. The van der Waals surface area contributed by atoms with Crippen LogP contribution in [0, 0.1) is 11.7 Å². The lowest BCUT2D eigenvalue weighted by atomic mass is 10.0. The number of carbonyl (C=O) groups is 1. The van der Waals surface area contributed by atoms with Gasteiger partial charge < -0.3 is 9.64 Å². The molecule has 4 aromatic rings. The molecular formula is C29H30FN3O3. The summed E-state index contributed by atoms with van der Waals surface area (Å²) in [5.41, 5.74) is 0.787. The minimum absolute atomic E-state index is 0.0106. The van der Waals surface area contributed by atoms with Crippen LogP contribution in [0.15, 0.2) is 77.6 Å². The molecule has 186 valence electrons. The van der Waals surface area contributed by atoms with Crippen molar-refractivity contribution in [1.29, 1.82) is 0 Å². The van der Waals surface area contributed by atoms with Crippen molar-refractivity contribution < 1.29 is 13.9 Å².